The number of nitrogens with one attached hydrogen (secondary N) is 1. The van der Waals surface area contributed by atoms with Crippen molar-refractivity contribution in [3.05, 3.63) is 65.7 Å². The number of carbonyl (C=O) groups is 2. The Kier molecular flexibility index (Phi) is 6.05. The average molecular weight is 350 g/mol. The molecule has 2 aromatic carbocycles. The van der Waals surface area contributed by atoms with Gasteiger partial charge in [0.25, 0.3) is 0 Å². The number of anilines is 1. The van der Waals surface area contributed by atoms with Gasteiger partial charge in [-0.15, -0.1) is 0 Å². The maximum atomic E-state index is 12.7. The Morgan fingerprint density at radius 1 is 1.12 bits per heavy atom. The average Bonchev–Trinajstić information content (AvgIpc) is 3.11. The summed E-state index contributed by atoms with van der Waals surface area (Å²) in [6.07, 6.45) is 3.36. The fourth-order valence-corrected chi connectivity index (χ4v) is 3.45. The first-order chi connectivity index (χ1) is 12.7. The lowest BCUT2D eigenvalue weighted by molar-refractivity contribution is -0.123. The monoisotopic (exact) mass is 350 g/mol. The topological polar surface area (TPSA) is 49.4 Å². The van der Waals surface area contributed by atoms with E-state index in [-0.39, 0.29) is 17.7 Å². The maximum absolute atomic E-state index is 12.7. The van der Waals surface area contributed by atoms with Gasteiger partial charge in [0.15, 0.2) is 0 Å². The Labute approximate surface area is 155 Å². The molecule has 3 rings (SSSR count). The standard InChI is InChI=1S/C22H26N2O2/c1-2-7-20(18-8-4-3-5-9-18)22(26)23-16-17-11-13-19(14-12-17)24-15-6-10-21(24)25/h3-5,8-9,11-14,20H,2,6-7,10,15-16H2,1H3,(H,23,26)/t20-/m0/s1. The summed E-state index contributed by atoms with van der Waals surface area (Å²) in [5.74, 6) is 0.149. The number of nitrogens with zero attached hydrogens (tertiary/aromatic N) is 1. The number of carbonyl (C=O) groups excluding carboxylic acids is 2. The molecule has 0 radical (unpaired) electrons. The van der Waals surface area contributed by atoms with Crippen LogP contribution in [0.2, 0.25) is 0 Å². The van der Waals surface area contributed by atoms with Gasteiger partial charge in [-0.1, -0.05) is 55.8 Å². The molecule has 26 heavy (non-hydrogen) atoms. The SMILES string of the molecule is CCC[C@H](C(=O)NCc1ccc(N2CCCC2=O)cc1)c1ccccc1. The van der Waals surface area contributed by atoms with Crippen LogP contribution in [0.5, 0.6) is 0 Å². The predicted octanol–water partition coefficient (Wildman–Crippen LogP) is 4.01. The zero-order valence-corrected chi connectivity index (χ0v) is 15.3. The molecule has 1 saturated heterocycles. The van der Waals surface area contributed by atoms with Gasteiger partial charge in [0.1, 0.15) is 0 Å². The smallest absolute Gasteiger partial charge is 0.227 e. The molecule has 4 nitrogen and oxygen atoms in total. The van der Waals surface area contributed by atoms with Gasteiger partial charge in [-0.3, -0.25) is 9.59 Å². The summed E-state index contributed by atoms with van der Waals surface area (Å²) in [6.45, 7) is 3.40. The molecule has 1 atom stereocenters. The minimum absolute atomic E-state index is 0.0665. The van der Waals surface area contributed by atoms with E-state index in [0.29, 0.717) is 13.0 Å². The second-order valence-electron chi connectivity index (χ2n) is 6.79. The molecule has 1 fully saturated rings. The molecule has 0 aromatic heterocycles. The molecule has 0 spiro atoms. The Balaban J connectivity index is 1.60. The summed E-state index contributed by atoms with van der Waals surface area (Å²) in [4.78, 5) is 26.3. The summed E-state index contributed by atoms with van der Waals surface area (Å²) < 4.78 is 0. The Hall–Kier alpha value is -2.62. The molecular weight excluding hydrogens is 324 g/mol. The first-order valence-electron chi connectivity index (χ1n) is 9.41. The molecular formula is C22H26N2O2. The Morgan fingerprint density at radius 3 is 2.46 bits per heavy atom. The summed E-state index contributed by atoms with van der Waals surface area (Å²) in [5, 5.41) is 3.06. The first kappa shape index (κ1) is 18.2. The van der Waals surface area contributed by atoms with E-state index in [2.05, 4.69) is 12.2 Å². The molecule has 1 aliphatic rings. The van der Waals surface area contributed by atoms with E-state index in [0.717, 1.165) is 42.6 Å². The largest absolute Gasteiger partial charge is 0.351 e. The van der Waals surface area contributed by atoms with E-state index in [4.69, 9.17) is 0 Å². The molecule has 0 unspecified atom stereocenters. The molecule has 2 amide bonds. The van der Waals surface area contributed by atoms with Gasteiger partial charge in [-0.05, 0) is 36.1 Å². The third kappa shape index (κ3) is 4.31. The van der Waals surface area contributed by atoms with Gasteiger partial charge in [-0.25, -0.2) is 0 Å². The van der Waals surface area contributed by atoms with Crippen molar-refractivity contribution in [2.24, 2.45) is 0 Å². The molecule has 1 heterocycles. The summed E-state index contributed by atoms with van der Waals surface area (Å²) in [7, 11) is 0. The van der Waals surface area contributed by atoms with Crippen molar-refractivity contribution >= 4 is 17.5 Å². The van der Waals surface area contributed by atoms with Crippen LogP contribution in [0.3, 0.4) is 0 Å². The Morgan fingerprint density at radius 2 is 1.85 bits per heavy atom. The van der Waals surface area contributed by atoms with Crippen molar-refractivity contribution in [2.75, 3.05) is 11.4 Å². The Bertz CT molecular complexity index is 740. The van der Waals surface area contributed by atoms with E-state index in [1.54, 1.807) is 0 Å². The number of amides is 2. The first-order valence-corrected chi connectivity index (χ1v) is 9.41. The molecule has 0 aliphatic carbocycles. The fourth-order valence-electron chi connectivity index (χ4n) is 3.45. The molecule has 1 N–H and O–H groups in total. The second kappa shape index (κ2) is 8.65. The van der Waals surface area contributed by atoms with Crippen LogP contribution in [0.25, 0.3) is 0 Å². The number of rotatable bonds is 7. The lowest BCUT2D eigenvalue weighted by Crippen LogP contribution is -2.29. The van der Waals surface area contributed by atoms with Gasteiger partial charge in [-0.2, -0.15) is 0 Å². The zero-order chi connectivity index (χ0) is 18.4. The molecule has 4 heteroatoms. The van der Waals surface area contributed by atoms with Gasteiger partial charge in [0.05, 0.1) is 5.92 Å². The van der Waals surface area contributed by atoms with Crippen LogP contribution in [-0.2, 0) is 16.1 Å². The van der Waals surface area contributed by atoms with Crippen LogP contribution in [0, 0.1) is 0 Å². The van der Waals surface area contributed by atoms with Gasteiger partial charge in [0.2, 0.25) is 11.8 Å². The quantitative estimate of drug-likeness (QED) is 0.820. The van der Waals surface area contributed by atoms with Crippen LogP contribution in [0.15, 0.2) is 54.6 Å². The maximum Gasteiger partial charge on any atom is 0.227 e. The van der Waals surface area contributed by atoms with Crippen molar-refractivity contribution < 1.29 is 9.59 Å². The van der Waals surface area contributed by atoms with Crippen molar-refractivity contribution in [2.45, 2.75) is 45.1 Å². The molecule has 1 aliphatic heterocycles. The molecule has 0 saturated carbocycles. The van der Waals surface area contributed by atoms with Crippen molar-refractivity contribution in [1.29, 1.82) is 0 Å². The lowest BCUT2D eigenvalue weighted by atomic mass is 9.93. The summed E-state index contributed by atoms with van der Waals surface area (Å²) >= 11 is 0. The molecule has 2 aromatic rings. The second-order valence-corrected chi connectivity index (χ2v) is 6.79. The van der Waals surface area contributed by atoms with E-state index >= 15 is 0 Å². The van der Waals surface area contributed by atoms with Crippen molar-refractivity contribution in [3.8, 4) is 0 Å². The van der Waals surface area contributed by atoms with Crippen molar-refractivity contribution in [1.82, 2.24) is 5.32 Å². The lowest BCUT2D eigenvalue weighted by Gasteiger charge is -2.18. The highest BCUT2D eigenvalue weighted by atomic mass is 16.2. The van der Waals surface area contributed by atoms with E-state index < -0.39 is 0 Å². The van der Waals surface area contributed by atoms with Crippen LogP contribution < -0.4 is 10.2 Å². The van der Waals surface area contributed by atoms with E-state index in [1.165, 1.54) is 0 Å². The predicted molar refractivity (Wildman–Crippen MR) is 104 cm³/mol. The molecule has 136 valence electrons. The van der Waals surface area contributed by atoms with Crippen LogP contribution in [0.1, 0.15) is 49.7 Å². The summed E-state index contributed by atoms with van der Waals surface area (Å²) in [5.41, 5.74) is 3.04. The summed E-state index contributed by atoms with van der Waals surface area (Å²) in [6, 6.07) is 17.8. The number of benzene rings is 2. The highest BCUT2D eigenvalue weighted by Gasteiger charge is 2.22. The van der Waals surface area contributed by atoms with E-state index in [1.807, 2.05) is 59.5 Å². The number of hydrogen-bond donors (Lipinski definition) is 1. The van der Waals surface area contributed by atoms with E-state index in [9.17, 15) is 9.59 Å². The highest BCUT2D eigenvalue weighted by molar-refractivity contribution is 5.95. The van der Waals surface area contributed by atoms with Gasteiger partial charge < -0.3 is 10.2 Å². The highest BCUT2D eigenvalue weighted by Crippen LogP contribution is 2.23. The third-order valence-corrected chi connectivity index (χ3v) is 4.88. The zero-order valence-electron chi connectivity index (χ0n) is 15.3. The molecule has 0 bridgehead atoms. The van der Waals surface area contributed by atoms with Gasteiger partial charge >= 0.3 is 0 Å². The van der Waals surface area contributed by atoms with Crippen LogP contribution in [0.4, 0.5) is 5.69 Å². The normalized spacial score (nSPS) is 15.1. The third-order valence-electron chi connectivity index (χ3n) is 4.88. The minimum Gasteiger partial charge on any atom is -0.351 e. The minimum atomic E-state index is -0.109. The van der Waals surface area contributed by atoms with Crippen LogP contribution >= 0.6 is 0 Å². The number of hydrogen-bond acceptors (Lipinski definition) is 2. The fraction of sp³-hybridized carbons (Fsp3) is 0.364. The van der Waals surface area contributed by atoms with Gasteiger partial charge in [0, 0.05) is 25.2 Å². The van der Waals surface area contributed by atoms with Crippen molar-refractivity contribution in [3.63, 3.8) is 0 Å². The van der Waals surface area contributed by atoms with Crippen LogP contribution in [-0.4, -0.2) is 18.4 Å².